The molecule has 0 saturated carbocycles. The Morgan fingerprint density at radius 2 is 1.87 bits per heavy atom. The van der Waals surface area contributed by atoms with Crippen molar-refractivity contribution in [3.05, 3.63) is 24.3 Å². The van der Waals surface area contributed by atoms with Crippen molar-refractivity contribution in [2.24, 2.45) is 5.73 Å². The Morgan fingerprint density at radius 1 is 1.22 bits per heavy atom. The fourth-order valence-electron chi connectivity index (χ4n) is 2.00. The van der Waals surface area contributed by atoms with Crippen molar-refractivity contribution in [3.8, 4) is 5.75 Å². The summed E-state index contributed by atoms with van der Waals surface area (Å²) in [7, 11) is 0. The molecule has 1 amide bonds. The normalized spacial score (nSPS) is 9.74. The number of anilines is 1. The topological polar surface area (TPSA) is 67.6 Å². The second-order valence-corrected chi connectivity index (χ2v) is 4.81. The minimum atomic E-state index is -0.0276. The van der Waals surface area contributed by atoms with Crippen LogP contribution in [0.1, 0.15) is 26.7 Å². The molecule has 0 radical (unpaired) electrons. The molecule has 1 aromatic rings. The molecule has 5 nitrogen and oxygen atoms in total. The lowest BCUT2D eigenvalue weighted by Gasteiger charge is -2.19. The number of para-hydroxylation sites is 2. The van der Waals surface area contributed by atoms with Crippen LogP contribution in [0.4, 0.5) is 5.69 Å². The van der Waals surface area contributed by atoms with E-state index >= 15 is 0 Å². The fraction of sp³-hybridized carbons (Fsp3) is 0.562. The van der Waals surface area contributed by atoms with Crippen LogP contribution in [-0.4, -0.2) is 43.6 Å². The van der Waals surface area contributed by atoms with E-state index in [-0.39, 0.29) is 30.7 Å². The number of likely N-dealkylation sites (N-methyl/N-ethyl adjacent to an activating group) is 1. The quantitative estimate of drug-likeness (QED) is 0.668. The first-order valence-corrected chi connectivity index (χ1v) is 7.65. The maximum atomic E-state index is 11.8. The van der Waals surface area contributed by atoms with Gasteiger partial charge in [-0.2, -0.15) is 0 Å². The van der Waals surface area contributed by atoms with Crippen molar-refractivity contribution in [3.63, 3.8) is 0 Å². The van der Waals surface area contributed by atoms with Crippen LogP contribution in [0.15, 0.2) is 24.3 Å². The highest BCUT2D eigenvalue weighted by atomic mass is 35.5. The monoisotopic (exact) mass is 365 g/mol. The van der Waals surface area contributed by atoms with Crippen LogP contribution in [0.3, 0.4) is 0 Å². The van der Waals surface area contributed by atoms with Crippen molar-refractivity contribution >= 4 is 36.4 Å². The lowest BCUT2D eigenvalue weighted by Crippen LogP contribution is -2.28. The molecule has 7 heteroatoms. The predicted molar refractivity (Wildman–Crippen MR) is 101 cm³/mol. The van der Waals surface area contributed by atoms with Gasteiger partial charge in [0.05, 0.1) is 5.69 Å². The van der Waals surface area contributed by atoms with E-state index in [1.165, 1.54) is 0 Å². The van der Waals surface area contributed by atoms with Gasteiger partial charge in [-0.1, -0.05) is 26.0 Å². The summed E-state index contributed by atoms with van der Waals surface area (Å²) in [6, 6.07) is 7.52. The minimum Gasteiger partial charge on any atom is -0.490 e. The molecule has 1 aromatic carbocycles. The summed E-state index contributed by atoms with van der Waals surface area (Å²) in [5, 5.41) is 2.88. The van der Waals surface area contributed by atoms with Crippen LogP contribution in [-0.2, 0) is 4.79 Å². The third-order valence-corrected chi connectivity index (χ3v) is 3.33. The largest absolute Gasteiger partial charge is 0.490 e. The highest BCUT2D eigenvalue weighted by Crippen LogP contribution is 2.23. The van der Waals surface area contributed by atoms with E-state index in [0.717, 1.165) is 25.3 Å². The summed E-state index contributed by atoms with van der Waals surface area (Å²) >= 11 is 0. The first-order valence-electron chi connectivity index (χ1n) is 7.65. The number of rotatable bonds is 10. The van der Waals surface area contributed by atoms with Gasteiger partial charge >= 0.3 is 0 Å². The molecule has 0 saturated heterocycles. The Morgan fingerprint density at radius 3 is 2.48 bits per heavy atom. The van der Waals surface area contributed by atoms with E-state index in [1.54, 1.807) is 0 Å². The standard InChI is InChI=1S/C16H27N3O2.2ClH/c1-3-19(4-2)12-13-21-15-9-6-5-8-14(15)18-16(20)10-7-11-17;;/h5-6,8-9H,3-4,7,10-13,17H2,1-2H3,(H,18,20);2*1H. The van der Waals surface area contributed by atoms with Crippen LogP contribution in [0.5, 0.6) is 5.75 Å². The van der Waals surface area contributed by atoms with Gasteiger partial charge in [0.1, 0.15) is 12.4 Å². The van der Waals surface area contributed by atoms with E-state index in [4.69, 9.17) is 10.5 Å². The maximum absolute atomic E-state index is 11.8. The van der Waals surface area contributed by atoms with Crippen molar-refractivity contribution in [1.29, 1.82) is 0 Å². The number of benzene rings is 1. The van der Waals surface area contributed by atoms with Crippen LogP contribution < -0.4 is 15.8 Å². The molecule has 0 aliphatic rings. The number of nitrogens with two attached hydrogens (primary N) is 1. The molecule has 134 valence electrons. The van der Waals surface area contributed by atoms with Gasteiger partial charge < -0.3 is 20.7 Å². The second-order valence-electron chi connectivity index (χ2n) is 4.81. The zero-order chi connectivity index (χ0) is 15.5. The SMILES string of the molecule is CCN(CC)CCOc1ccccc1NC(=O)CCCN.Cl.Cl. The third-order valence-electron chi connectivity index (χ3n) is 3.33. The molecule has 0 spiro atoms. The molecular weight excluding hydrogens is 337 g/mol. The van der Waals surface area contributed by atoms with Gasteiger partial charge in [-0.3, -0.25) is 4.79 Å². The molecule has 1 rings (SSSR count). The van der Waals surface area contributed by atoms with Gasteiger partial charge in [0, 0.05) is 13.0 Å². The van der Waals surface area contributed by atoms with Gasteiger partial charge in [0.25, 0.3) is 0 Å². The number of carbonyl (C=O) groups excluding carboxylic acids is 1. The number of nitrogens with zero attached hydrogens (tertiary/aromatic N) is 1. The predicted octanol–water partition coefficient (Wildman–Crippen LogP) is 2.93. The molecule has 0 atom stereocenters. The molecule has 0 aliphatic heterocycles. The van der Waals surface area contributed by atoms with Crippen LogP contribution in [0, 0.1) is 0 Å². The van der Waals surface area contributed by atoms with Gasteiger partial charge in [-0.05, 0) is 38.2 Å². The first kappa shape index (κ1) is 24.2. The number of hydrogen-bond acceptors (Lipinski definition) is 4. The van der Waals surface area contributed by atoms with E-state index in [0.29, 0.717) is 31.7 Å². The van der Waals surface area contributed by atoms with Gasteiger partial charge in [0.2, 0.25) is 5.91 Å². The molecule has 0 bridgehead atoms. The minimum absolute atomic E-state index is 0. The number of hydrogen-bond donors (Lipinski definition) is 2. The van der Waals surface area contributed by atoms with Gasteiger partial charge in [-0.25, -0.2) is 0 Å². The summed E-state index contributed by atoms with van der Waals surface area (Å²) in [6.07, 6.45) is 1.13. The molecule has 3 N–H and O–H groups in total. The Hall–Kier alpha value is -1.01. The molecular formula is C16H29Cl2N3O2. The van der Waals surface area contributed by atoms with E-state index < -0.39 is 0 Å². The summed E-state index contributed by atoms with van der Waals surface area (Å²) in [5.74, 6) is 0.686. The van der Waals surface area contributed by atoms with E-state index in [9.17, 15) is 4.79 Å². The average molecular weight is 366 g/mol. The number of ether oxygens (including phenoxy) is 1. The van der Waals surface area contributed by atoms with Crippen molar-refractivity contribution < 1.29 is 9.53 Å². The zero-order valence-electron chi connectivity index (χ0n) is 13.9. The number of nitrogens with one attached hydrogen (secondary N) is 1. The molecule has 0 aromatic heterocycles. The zero-order valence-corrected chi connectivity index (χ0v) is 15.5. The van der Waals surface area contributed by atoms with Gasteiger partial charge in [0.15, 0.2) is 0 Å². The molecule has 0 aliphatic carbocycles. The fourth-order valence-corrected chi connectivity index (χ4v) is 2.00. The van der Waals surface area contributed by atoms with Crippen molar-refractivity contribution in [1.82, 2.24) is 4.90 Å². The summed E-state index contributed by atoms with van der Waals surface area (Å²) in [4.78, 5) is 14.1. The van der Waals surface area contributed by atoms with Crippen LogP contribution in [0.2, 0.25) is 0 Å². The second kappa shape index (κ2) is 14.6. The summed E-state index contributed by atoms with van der Waals surface area (Å²) in [5.41, 5.74) is 6.13. The average Bonchev–Trinajstić information content (AvgIpc) is 2.51. The highest BCUT2D eigenvalue weighted by Gasteiger charge is 2.07. The third kappa shape index (κ3) is 9.66. The highest BCUT2D eigenvalue weighted by molar-refractivity contribution is 5.92. The smallest absolute Gasteiger partial charge is 0.224 e. The molecule has 0 fully saturated rings. The molecule has 0 heterocycles. The number of amides is 1. The maximum Gasteiger partial charge on any atom is 0.224 e. The Kier molecular flexibility index (Phi) is 15.4. The lowest BCUT2D eigenvalue weighted by molar-refractivity contribution is -0.116. The van der Waals surface area contributed by atoms with Crippen molar-refractivity contribution in [2.75, 3.05) is 38.1 Å². The summed E-state index contributed by atoms with van der Waals surface area (Å²) in [6.45, 7) is 8.30. The number of carbonyl (C=O) groups is 1. The Bertz CT molecular complexity index is 430. The molecule has 23 heavy (non-hydrogen) atoms. The van der Waals surface area contributed by atoms with Crippen molar-refractivity contribution in [2.45, 2.75) is 26.7 Å². The van der Waals surface area contributed by atoms with E-state index in [2.05, 4.69) is 24.1 Å². The summed E-state index contributed by atoms with van der Waals surface area (Å²) < 4.78 is 5.80. The Balaban J connectivity index is 0. The first-order chi connectivity index (χ1) is 10.2. The number of halogens is 2. The van der Waals surface area contributed by atoms with Crippen LogP contribution in [0.25, 0.3) is 0 Å². The molecule has 0 unspecified atom stereocenters. The van der Waals surface area contributed by atoms with Gasteiger partial charge in [-0.15, -0.1) is 24.8 Å². The lowest BCUT2D eigenvalue weighted by atomic mass is 10.2. The van der Waals surface area contributed by atoms with E-state index in [1.807, 2.05) is 24.3 Å². The Labute approximate surface area is 151 Å². The van der Waals surface area contributed by atoms with Crippen LogP contribution >= 0.6 is 24.8 Å².